The van der Waals surface area contributed by atoms with E-state index >= 15 is 0 Å². The van der Waals surface area contributed by atoms with Crippen molar-refractivity contribution in [1.29, 1.82) is 0 Å². The van der Waals surface area contributed by atoms with Crippen LogP contribution in [0.5, 0.6) is 0 Å². The molecule has 0 spiro atoms. The zero-order valence-corrected chi connectivity index (χ0v) is 10.4. The Morgan fingerprint density at radius 2 is 2.00 bits per heavy atom. The van der Waals surface area contributed by atoms with Crippen molar-refractivity contribution in [2.75, 3.05) is 6.54 Å². The molecule has 15 heavy (non-hydrogen) atoms. The zero-order chi connectivity index (χ0) is 11.7. The molecule has 0 aromatic carbocycles. The molecule has 0 aliphatic heterocycles. The molecule has 3 nitrogen and oxygen atoms in total. The minimum Gasteiger partial charge on any atom is -0.356 e. The van der Waals surface area contributed by atoms with Gasteiger partial charge < -0.3 is 11.1 Å². The van der Waals surface area contributed by atoms with E-state index in [1.165, 1.54) is 0 Å². The molecular formula is C12H26N2O. The Hall–Kier alpha value is -0.570. The Kier molecular flexibility index (Phi) is 8.38. The summed E-state index contributed by atoms with van der Waals surface area (Å²) < 4.78 is 0. The Morgan fingerprint density at radius 3 is 2.53 bits per heavy atom. The van der Waals surface area contributed by atoms with E-state index in [2.05, 4.69) is 26.1 Å². The summed E-state index contributed by atoms with van der Waals surface area (Å²) in [6.07, 6.45) is 4.74. The van der Waals surface area contributed by atoms with Crippen LogP contribution in [-0.2, 0) is 4.79 Å². The molecule has 1 amide bonds. The van der Waals surface area contributed by atoms with E-state index in [1.807, 2.05) is 0 Å². The van der Waals surface area contributed by atoms with Gasteiger partial charge >= 0.3 is 0 Å². The van der Waals surface area contributed by atoms with Gasteiger partial charge in [-0.05, 0) is 18.8 Å². The highest BCUT2D eigenvalue weighted by Crippen LogP contribution is 2.05. The third-order valence-corrected chi connectivity index (χ3v) is 2.73. The molecule has 2 unspecified atom stereocenters. The quantitative estimate of drug-likeness (QED) is 0.650. The van der Waals surface area contributed by atoms with E-state index in [0.29, 0.717) is 12.3 Å². The molecule has 3 heteroatoms. The molecule has 3 N–H and O–H groups in total. The zero-order valence-electron chi connectivity index (χ0n) is 10.4. The lowest BCUT2D eigenvalue weighted by Gasteiger charge is -2.12. The normalized spacial score (nSPS) is 14.7. The summed E-state index contributed by atoms with van der Waals surface area (Å²) in [6, 6.07) is 0.235. The topological polar surface area (TPSA) is 55.1 Å². The number of nitrogens with one attached hydrogen (secondary N) is 1. The van der Waals surface area contributed by atoms with Crippen molar-refractivity contribution in [3.05, 3.63) is 0 Å². The van der Waals surface area contributed by atoms with Crippen LogP contribution < -0.4 is 11.1 Å². The van der Waals surface area contributed by atoms with Crippen molar-refractivity contribution in [2.45, 2.75) is 58.9 Å². The summed E-state index contributed by atoms with van der Waals surface area (Å²) in [6.45, 7) is 7.05. The van der Waals surface area contributed by atoms with Crippen LogP contribution in [-0.4, -0.2) is 18.5 Å². The Morgan fingerprint density at radius 1 is 1.33 bits per heavy atom. The Balaban J connectivity index is 3.46. The molecule has 0 fully saturated rings. The fourth-order valence-electron chi connectivity index (χ4n) is 1.45. The van der Waals surface area contributed by atoms with Gasteiger partial charge in [0.1, 0.15) is 0 Å². The summed E-state index contributed by atoms with van der Waals surface area (Å²) in [5.74, 6) is 0.641. The minimum atomic E-state index is 0.160. The molecule has 0 saturated carbocycles. The van der Waals surface area contributed by atoms with Crippen molar-refractivity contribution >= 4 is 5.91 Å². The molecule has 0 bridgehead atoms. The molecule has 0 heterocycles. The molecule has 0 saturated heterocycles. The number of amides is 1. The van der Waals surface area contributed by atoms with E-state index in [4.69, 9.17) is 5.73 Å². The van der Waals surface area contributed by atoms with Gasteiger partial charge in [0.2, 0.25) is 5.91 Å². The number of carbonyl (C=O) groups is 1. The number of nitrogens with two attached hydrogens (primary N) is 1. The van der Waals surface area contributed by atoms with Crippen LogP contribution >= 0.6 is 0 Å². The second-order valence-corrected chi connectivity index (χ2v) is 4.40. The van der Waals surface area contributed by atoms with Gasteiger partial charge in [0.15, 0.2) is 0 Å². The van der Waals surface area contributed by atoms with Gasteiger partial charge in [0.05, 0.1) is 0 Å². The third kappa shape index (κ3) is 8.43. The molecule has 0 radical (unpaired) electrons. The number of hydrogen-bond acceptors (Lipinski definition) is 2. The van der Waals surface area contributed by atoms with E-state index in [1.54, 1.807) is 0 Å². The van der Waals surface area contributed by atoms with E-state index in [0.717, 1.165) is 32.2 Å². The molecule has 0 rings (SSSR count). The maximum absolute atomic E-state index is 11.4. The van der Waals surface area contributed by atoms with Crippen molar-refractivity contribution in [2.24, 2.45) is 11.7 Å². The number of rotatable bonds is 8. The fraction of sp³-hybridized carbons (Fsp3) is 0.917. The van der Waals surface area contributed by atoms with Crippen LogP contribution in [0.2, 0.25) is 0 Å². The summed E-state index contributed by atoms with van der Waals surface area (Å²) >= 11 is 0. The van der Waals surface area contributed by atoms with Crippen LogP contribution in [0, 0.1) is 5.92 Å². The van der Waals surface area contributed by atoms with Crippen molar-refractivity contribution in [3.8, 4) is 0 Å². The largest absolute Gasteiger partial charge is 0.356 e. The second kappa shape index (κ2) is 8.72. The van der Waals surface area contributed by atoms with Crippen molar-refractivity contribution in [1.82, 2.24) is 5.32 Å². The smallest absolute Gasteiger partial charge is 0.220 e. The monoisotopic (exact) mass is 214 g/mol. The summed E-state index contributed by atoms with van der Waals surface area (Å²) in [5, 5.41) is 2.92. The third-order valence-electron chi connectivity index (χ3n) is 2.73. The highest BCUT2D eigenvalue weighted by atomic mass is 16.1. The van der Waals surface area contributed by atoms with Gasteiger partial charge in [-0.2, -0.15) is 0 Å². The Bertz CT molecular complexity index is 171. The van der Waals surface area contributed by atoms with E-state index in [9.17, 15) is 4.79 Å². The van der Waals surface area contributed by atoms with Gasteiger partial charge in [-0.3, -0.25) is 4.79 Å². The number of carbonyl (C=O) groups excluding carboxylic acids is 1. The van der Waals surface area contributed by atoms with Crippen LogP contribution in [0.3, 0.4) is 0 Å². The van der Waals surface area contributed by atoms with E-state index < -0.39 is 0 Å². The van der Waals surface area contributed by atoms with Gasteiger partial charge in [-0.15, -0.1) is 0 Å². The fourth-order valence-corrected chi connectivity index (χ4v) is 1.45. The first-order valence-electron chi connectivity index (χ1n) is 6.12. The lowest BCUT2D eigenvalue weighted by molar-refractivity contribution is -0.121. The van der Waals surface area contributed by atoms with E-state index in [-0.39, 0.29) is 11.9 Å². The average Bonchev–Trinajstić information content (AvgIpc) is 2.18. The summed E-state index contributed by atoms with van der Waals surface area (Å²) in [4.78, 5) is 11.4. The summed E-state index contributed by atoms with van der Waals surface area (Å²) in [7, 11) is 0. The van der Waals surface area contributed by atoms with Crippen molar-refractivity contribution < 1.29 is 4.79 Å². The van der Waals surface area contributed by atoms with Crippen LogP contribution in [0.15, 0.2) is 0 Å². The maximum Gasteiger partial charge on any atom is 0.220 e. The molecule has 90 valence electrons. The highest BCUT2D eigenvalue weighted by molar-refractivity contribution is 5.76. The molecule has 0 aliphatic carbocycles. The van der Waals surface area contributed by atoms with Crippen LogP contribution in [0.1, 0.15) is 52.9 Å². The lowest BCUT2D eigenvalue weighted by atomic mass is 10.0. The SMILES string of the molecule is CCCC(N)CCNC(=O)CC(C)CC. The van der Waals surface area contributed by atoms with Gasteiger partial charge in [-0.1, -0.05) is 33.6 Å². The first kappa shape index (κ1) is 14.4. The van der Waals surface area contributed by atoms with Gasteiger partial charge in [0.25, 0.3) is 0 Å². The molecular weight excluding hydrogens is 188 g/mol. The number of hydrogen-bond donors (Lipinski definition) is 2. The lowest BCUT2D eigenvalue weighted by Crippen LogP contribution is -2.31. The minimum absolute atomic E-state index is 0.160. The van der Waals surface area contributed by atoms with Gasteiger partial charge in [-0.25, -0.2) is 0 Å². The standard InChI is InChI=1S/C12H26N2O/c1-4-6-11(13)7-8-14-12(15)9-10(3)5-2/h10-11H,4-9,13H2,1-3H3,(H,14,15). The highest BCUT2D eigenvalue weighted by Gasteiger charge is 2.07. The molecule has 0 aliphatic rings. The molecule has 0 aromatic heterocycles. The Labute approximate surface area is 93.8 Å². The van der Waals surface area contributed by atoms with Crippen molar-refractivity contribution in [3.63, 3.8) is 0 Å². The maximum atomic E-state index is 11.4. The second-order valence-electron chi connectivity index (χ2n) is 4.40. The van der Waals surface area contributed by atoms with Crippen LogP contribution in [0.25, 0.3) is 0 Å². The van der Waals surface area contributed by atoms with Gasteiger partial charge in [0, 0.05) is 19.0 Å². The predicted octanol–water partition coefficient (Wildman–Crippen LogP) is 2.06. The van der Waals surface area contributed by atoms with Crippen LogP contribution in [0.4, 0.5) is 0 Å². The molecule has 2 atom stereocenters. The average molecular weight is 214 g/mol. The molecule has 0 aromatic rings. The first-order valence-corrected chi connectivity index (χ1v) is 6.12. The first-order chi connectivity index (χ1) is 7.10. The summed E-state index contributed by atoms with van der Waals surface area (Å²) in [5.41, 5.74) is 5.85. The predicted molar refractivity (Wildman–Crippen MR) is 64.6 cm³/mol.